The molecular weight excluding hydrogens is 296 g/mol. The lowest BCUT2D eigenvalue weighted by atomic mass is 10.1. The molecule has 0 aliphatic heterocycles. The summed E-state index contributed by atoms with van der Waals surface area (Å²) < 4.78 is 5.27. The van der Waals surface area contributed by atoms with Gasteiger partial charge in [0.1, 0.15) is 0 Å². The van der Waals surface area contributed by atoms with Crippen LogP contribution in [0.5, 0.6) is 0 Å². The molecule has 0 aliphatic rings. The van der Waals surface area contributed by atoms with Crippen LogP contribution < -0.4 is 0 Å². The van der Waals surface area contributed by atoms with Crippen LogP contribution in [-0.2, 0) is 4.74 Å². The zero-order valence-corrected chi connectivity index (χ0v) is 13.2. The molecule has 1 N–H and O–H groups in total. The van der Waals surface area contributed by atoms with Crippen molar-refractivity contribution in [2.75, 3.05) is 6.61 Å². The van der Waals surface area contributed by atoms with Gasteiger partial charge < -0.3 is 9.84 Å². The number of hydrogen-bond donors (Lipinski definition) is 1. The number of aryl methyl sites for hydroxylation is 2. The van der Waals surface area contributed by atoms with Crippen molar-refractivity contribution in [3.05, 3.63) is 58.7 Å². The highest BCUT2D eigenvalue weighted by atomic mass is 16.5. The number of rotatable bonds is 5. The number of aromatic carboxylic acids is 1. The Morgan fingerprint density at radius 1 is 1.26 bits per heavy atom. The quantitative estimate of drug-likeness (QED) is 0.854. The molecule has 1 aromatic heterocycles. The first-order valence-corrected chi connectivity index (χ1v) is 7.19. The second-order valence-electron chi connectivity index (χ2n) is 5.37. The normalized spacial score (nSPS) is 11.8. The Labute approximate surface area is 134 Å². The Morgan fingerprint density at radius 3 is 2.65 bits per heavy atom. The molecule has 2 aromatic rings. The lowest BCUT2D eigenvalue weighted by molar-refractivity contribution is 0.0483. The molecule has 1 atom stereocenters. The standard InChI is InChI=1S/C17H18N2O4/c1-10(15-12(3)18-8-11(2)19-15)9-23-17(22)14-6-4-5-13(7-14)16(20)21/h4-8,10H,9H2,1-3H3,(H,20,21). The minimum atomic E-state index is -1.08. The van der Waals surface area contributed by atoms with Crippen molar-refractivity contribution in [1.82, 2.24) is 9.97 Å². The van der Waals surface area contributed by atoms with Gasteiger partial charge in [-0.2, -0.15) is 0 Å². The van der Waals surface area contributed by atoms with Crippen LogP contribution in [0.4, 0.5) is 0 Å². The molecule has 0 saturated carbocycles. The van der Waals surface area contributed by atoms with Crippen molar-refractivity contribution in [3.63, 3.8) is 0 Å². The van der Waals surface area contributed by atoms with Crippen molar-refractivity contribution in [2.24, 2.45) is 0 Å². The van der Waals surface area contributed by atoms with Crippen molar-refractivity contribution >= 4 is 11.9 Å². The van der Waals surface area contributed by atoms with E-state index in [4.69, 9.17) is 9.84 Å². The molecule has 2 rings (SSSR count). The highest BCUT2D eigenvalue weighted by Crippen LogP contribution is 2.17. The first-order chi connectivity index (χ1) is 10.9. The summed E-state index contributed by atoms with van der Waals surface area (Å²) in [5.41, 5.74) is 2.65. The SMILES string of the molecule is Cc1cnc(C)c(C(C)COC(=O)c2cccc(C(=O)O)c2)n1. The number of benzene rings is 1. The fourth-order valence-electron chi connectivity index (χ4n) is 2.17. The van der Waals surface area contributed by atoms with Gasteiger partial charge in [-0.05, 0) is 32.0 Å². The van der Waals surface area contributed by atoms with Crippen LogP contribution >= 0.6 is 0 Å². The Hall–Kier alpha value is -2.76. The molecule has 23 heavy (non-hydrogen) atoms. The van der Waals surface area contributed by atoms with E-state index in [9.17, 15) is 9.59 Å². The van der Waals surface area contributed by atoms with Crippen molar-refractivity contribution in [1.29, 1.82) is 0 Å². The predicted octanol–water partition coefficient (Wildman–Crippen LogP) is 2.75. The smallest absolute Gasteiger partial charge is 0.338 e. The number of carbonyl (C=O) groups excluding carboxylic acids is 1. The van der Waals surface area contributed by atoms with Gasteiger partial charge in [0.05, 0.1) is 34.8 Å². The van der Waals surface area contributed by atoms with Gasteiger partial charge in [-0.15, -0.1) is 0 Å². The van der Waals surface area contributed by atoms with Crippen molar-refractivity contribution in [3.8, 4) is 0 Å². The van der Waals surface area contributed by atoms with E-state index in [0.717, 1.165) is 17.1 Å². The van der Waals surface area contributed by atoms with Crippen LogP contribution in [0, 0.1) is 13.8 Å². The molecule has 6 heteroatoms. The third-order valence-electron chi connectivity index (χ3n) is 3.39. The number of carbonyl (C=O) groups is 2. The fourth-order valence-corrected chi connectivity index (χ4v) is 2.17. The average molecular weight is 314 g/mol. The maximum Gasteiger partial charge on any atom is 0.338 e. The lowest BCUT2D eigenvalue weighted by Crippen LogP contribution is -2.14. The van der Waals surface area contributed by atoms with Crippen LogP contribution in [0.2, 0.25) is 0 Å². The zero-order chi connectivity index (χ0) is 17.0. The van der Waals surface area contributed by atoms with Gasteiger partial charge in [0, 0.05) is 12.1 Å². The van der Waals surface area contributed by atoms with E-state index in [0.29, 0.717) is 0 Å². The van der Waals surface area contributed by atoms with Crippen molar-refractivity contribution < 1.29 is 19.4 Å². The van der Waals surface area contributed by atoms with Gasteiger partial charge in [-0.25, -0.2) is 9.59 Å². The van der Waals surface area contributed by atoms with Crippen LogP contribution in [0.25, 0.3) is 0 Å². The minimum absolute atomic E-state index is 0.0490. The minimum Gasteiger partial charge on any atom is -0.478 e. The summed E-state index contributed by atoms with van der Waals surface area (Å²) in [5.74, 6) is -1.74. The van der Waals surface area contributed by atoms with Crippen LogP contribution in [0.3, 0.4) is 0 Å². The molecular formula is C17H18N2O4. The van der Waals surface area contributed by atoms with E-state index in [1.807, 2.05) is 20.8 Å². The number of aromatic nitrogens is 2. The third-order valence-corrected chi connectivity index (χ3v) is 3.39. The van der Waals surface area contributed by atoms with E-state index in [1.54, 1.807) is 6.20 Å². The average Bonchev–Trinajstić information content (AvgIpc) is 2.54. The largest absolute Gasteiger partial charge is 0.478 e. The molecule has 0 radical (unpaired) electrons. The van der Waals surface area contributed by atoms with Gasteiger partial charge in [0.25, 0.3) is 0 Å². The number of carboxylic acid groups (broad SMARTS) is 1. The second-order valence-corrected chi connectivity index (χ2v) is 5.37. The lowest BCUT2D eigenvalue weighted by Gasteiger charge is -2.14. The van der Waals surface area contributed by atoms with Gasteiger partial charge in [0.15, 0.2) is 0 Å². The number of carboxylic acids is 1. The predicted molar refractivity (Wildman–Crippen MR) is 83.6 cm³/mol. The summed E-state index contributed by atoms with van der Waals surface area (Å²) >= 11 is 0. The molecule has 0 bridgehead atoms. The summed E-state index contributed by atoms with van der Waals surface area (Å²) in [6.45, 7) is 5.76. The first kappa shape index (κ1) is 16.6. The molecule has 0 aliphatic carbocycles. The Morgan fingerprint density at radius 2 is 1.96 bits per heavy atom. The number of nitrogens with zero attached hydrogens (tertiary/aromatic N) is 2. The summed E-state index contributed by atoms with van der Waals surface area (Å²) in [5, 5.41) is 8.95. The third kappa shape index (κ3) is 4.12. The number of ether oxygens (including phenoxy) is 1. The molecule has 120 valence electrons. The summed E-state index contributed by atoms with van der Waals surface area (Å²) in [6, 6.07) is 5.76. The zero-order valence-electron chi connectivity index (χ0n) is 13.2. The monoisotopic (exact) mass is 314 g/mol. The molecule has 1 heterocycles. The van der Waals surface area contributed by atoms with Gasteiger partial charge >= 0.3 is 11.9 Å². The van der Waals surface area contributed by atoms with Gasteiger partial charge in [0.2, 0.25) is 0 Å². The molecule has 6 nitrogen and oxygen atoms in total. The Balaban J connectivity index is 2.05. The van der Waals surface area contributed by atoms with E-state index < -0.39 is 11.9 Å². The first-order valence-electron chi connectivity index (χ1n) is 7.19. The molecule has 0 fully saturated rings. The van der Waals surface area contributed by atoms with Crippen molar-refractivity contribution in [2.45, 2.75) is 26.7 Å². The maximum atomic E-state index is 12.1. The van der Waals surface area contributed by atoms with Crippen LogP contribution in [0.1, 0.15) is 50.6 Å². The fraction of sp³-hybridized carbons (Fsp3) is 0.294. The molecule has 1 aromatic carbocycles. The Kier molecular flexibility index (Phi) is 5.05. The molecule has 0 amide bonds. The molecule has 0 saturated heterocycles. The number of esters is 1. The summed E-state index contributed by atoms with van der Waals surface area (Å²) in [6.07, 6.45) is 1.69. The van der Waals surface area contributed by atoms with E-state index in [-0.39, 0.29) is 23.7 Å². The summed E-state index contributed by atoms with van der Waals surface area (Å²) in [7, 11) is 0. The van der Waals surface area contributed by atoms with Gasteiger partial charge in [-0.3, -0.25) is 9.97 Å². The number of hydrogen-bond acceptors (Lipinski definition) is 5. The highest BCUT2D eigenvalue weighted by Gasteiger charge is 2.16. The summed E-state index contributed by atoms with van der Waals surface area (Å²) in [4.78, 5) is 31.7. The van der Waals surface area contributed by atoms with E-state index in [1.165, 1.54) is 24.3 Å². The highest BCUT2D eigenvalue weighted by molar-refractivity contribution is 5.94. The molecule has 1 unspecified atom stereocenters. The second kappa shape index (κ2) is 7.00. The van der Waals surface area contributed by atoms with Gasteiger partial charge in [-0.1, -0.05) is 13.0 Å². The Bertz CT molecular complexity index is 743. The molecule has 0 spiro atoms. The van der Waals surface area contributed by atoms with E-state index >= 15 is 0 Å². The van der Waals surface area contributed by atoms with Crippen LogP contribution in [0.15, 0.2) is 30.5 Å². The van der Waals surface area contributed by atoms with E-state index in [2.05, 4.69) is 9.97 Å². The topological polar surface area (TPSA) is 89.4 Å². The maximum absolute atomic E-state index is 12.1. The van der Waals surface area contributed by atoms with Crippen LogP contribution in [-0.4, -0.2) is 33.6 Å².